The standard InChI is InChI=1S/C17H27NOS/c1-12-5-4-6-16(10-12)20(19)11-17(18)15-8-13(2)7-14(3)9-15/h7-9,12,16-17H,4-6,10-11,18H2,1-3H3. The second kappa shape index (κ2) is 6.86. The highest BCUT2D eigenvalue weighted by molar-refractivity contribution is 7.85. The van der Waals surface area contributed by atoms with Crippen LogP contribution in [0.2, 0.25) is 0 Å². The van der Waals surface area contributed by atoms with E-state index in [1.165, 1.54) is 24.0 Å². The van der Waals surface area contributed by atoms with Gasteiger partial charge in [-0.1, -0.05) is 49.1 Å². The second-order valence-corrected chi connectivity index (χ2v) is 8.23. The summed E-state index contributed by atoms with van der Waals surface area (Å²) in [7, 11) is -0.796. The molecule has 4 unspecified atom stereocenters. The van der Waals surface area contributed by atoms with Crippen molar-refractivity contribution in [2.75, 3.05) is 5.75 Å². The molecule has 20 heavy (non-hydrogen) atoms. The Morgan fingerprint density at radius 1 is 1.25 bits per heavy atom. The lowest BCUT2D eigenvalue weighted by Gasteiger charge is -2.27. The van der Waals surface area contributed by atoms with E-state index in [4.69, 9.17) is 5.73 Å². The Morgan fingerprint density at radius 3 is 2.50 bits per heavy atom. The smallest absolute Gasteiger partial charge is 0.0431 e. The molecule has 1 saturated carbocycles. The molecule has 0 saturated heterocycles. The molecule has 0 bridgehead atoms. The first-order valence-electron chi connectivity index (χ1n) is 7.66. The van der Waals surface area contributed by atoms with Crippen LogP contribution in [0.5, 0.6) is 0 Å². The summed E-state index contributed by atoms with van der Waals surface area (Å²) in [4.78, 5) is 0. The SMILES string of the molecule is Cc1cc(C)cc(C(N)CS(=O)C2CCCC(C)C2)c1. The molecule has 112 valence electrons. The first-order valence-corrected chi connectivity index (χ1v) is 9.05. The largest absolute Gasteiger partial charge is 0.323 e. The van der Waals surface area contributed by atoms with E-state index in [9.17, 15) is 4.21 Å². The van der Waals surface area contributed by atoms with Crippen molar-refractivity contribution in [1.82, 2.24) is 0 Å². The van der Waals surface area contributed by atoms with Crippen molar-refractivity contribution in [3.8, 4) is 0 Å². The van der Waals surface area contributed by atoms with Crippen molar-refractivity contribution < 1.29 is 4.21 Å². The van der Waals surface area contributed by atoms with Crippen LogP contribution in [0, 0.1) is 19.8 Å². The van der Waals surface area contributed by atoms with E-state index in [0.717, 1.165) is 24.3 Å². The number of rotatable bonds is 4. The van der Waals surface area contributed by atoms with Gasteiger partial charge in [0.1, 0.15) is 0 Å². The van der Waals surface area contributed by atoms with E-state index in [-0.39, 0.29) is 6.04 Å². The Kier molecular flexibility index (Phi) is 5.39. The second-order valence-electron chi connectivity index (χ2n) is 6.47. The van der Waals surface area contributed by atoms with Gasteiger partial charge in [-0.25, -0.2) is 0 Å². The lowest BCUT2D eigenvalue weighted by molar-refractivity contribution is 0.389. The Labute approximate surface area is 125 Å². The predicted molar refractivity (Wildman–Crippen MR) is 87.3 cm³/mol. The molecule has 0 amide bonds. The first-order chi connectivity index (χ1) is 9.45. The topological polar surface area (TPSA) is 43.1 Å². The van der Waals surface area contributed by atoms with Crippen molar-refractivity contribution in [2.45, 2.75) is 57.7 Å². The van der Waals surface area contributed by atoms with E-state index in [0.29, 0.717) is 11.0 Å². The lowest BCUT2D eigenvalue weighted by Crippen LogP contribution is -2.29. The minimum Gasteiger partial charge on any atom is -0.323 e. The molecule has 0 radical (unpaired) electrons. The van der Waals surface area contributed by atoms with Crippen molar-refractivity contribution >= 4 is 10.8 Å². The molecule has 0 heterocycles. The quantitative estimate of drug-likeness (QED) is 0.921. The van der Waals surface area contributed by atoms with Gasteiger partial charge in [-0.15, -0.1) is 0 Å². The van der Waals surface area contributed by atoms with Crippen LogP contribution >= 0.6 is 0 Å². The Balaban J connectivity index is 1.99. The fourth-order valence-corrected chi connectivity index (χ4v) is 5.04. The van der Waals surface area contributed by atoms with Gasteiger partial charge in [0.05, 0.1) is 0 Å². The highest BCUT2D eigenvalue weighted by Crippen LogP contribution is 2.28. The predicted octanol–water partition coefficient (Wildman–Crippen LogP) is 3.63. The maximum Gasteiger partial charge on any atom is 0.0431 e. The van der Waals surface area contributed by atoms with Gasteiger partial charge in [-0.3, -0.25) is 4.21 Å². The summed E-state index contributed by atoms with van der Waals surface area (Å²) >= 11 is 0. The van der Waals surface area contributed by atoms with Crippen LogP contribution in [0.4, 0.5) is 0 Å². The molecule has 1 aliphatic rings. The Hall–Kier alpha value is -0.670. The highest BCUT2D eigenvalue weighted by Gasteiger charge is 2.25. The molecular weight excluding hydrogens is 266 g/mol. The van der Waals surface area contributed by atoms with Gasteiger partial charge in [0.15, 0.2) is 0 Å². The van der Waals surface area contributed by atoms with E-state index in [1.807, 2.05) is 0 Å². The van der Waals surface area contributed by atoms with Crippen molar-refractivity contribution in [3.05, 3.63) is 34.9 Å². The van der Waals surface area contributed by atoms with Crippen LogP contribution in [0.3, 0.4) is 0 Å². The zero-order valence-electron chi connectivity index (χ0n) is 12.9. The molecule has 4 atom stereocenters. The summed E-state index contributed by atoms with van der Waals surface area (Å²) in [6.45, 7) is 6.44. The van der Waals surface area contributed by atoms with Gasteiger partial charge in [0, 0.05) is 27.8 Å². The maximum atomic E-state index is 12.5. The van der Waals surface area contributed by atoms with Gasteiger partial charge in [-0.05, 0) is 38.2 Å². The fraction of sp³-hybridized carbons (Fsp3) is 0.647. The van der Waals surface area contributed by atoms with Crippen LogP contribution in [0.15, 0.2) is 18.2 Å². The van der Waals surface area contributed by atoms with Crippen LogP contribution in [0.25, 0.3) is 0 Å². The zero-order chi connectivity index (χ0) is 14.7. The molecule has 1 aromatic rings. The van der Waals surface area contributed by atoms with Gasteiger partial charge >= 0.3 is 0 Å². The lowest BCUT2D eigenvalue weighted by atomic mass is 9.91. The minimum absolute atomic E-state index is 0.105. The van der Waals surface area contributed by atoms with Gasteiger partial charge in [-0.2, -0.15) is 0 Å². The molecule has 2 rings (SSSR count). The molecule has 2 nitrogen and oxygen atoms in total. The molecule has 0 spiro atoms. The van der Waals surface area contributed by atoms with Crippen LogP contribution in [0.1, 0.15) is 55.3 Å². The molecular formula is C17H27NOS. The normalized spacial score (nSPS) is 26.2. The molecule has 1 fully saturated rings. The fourth-order valence-electron chi connectivity index (χ4n) is 3.25. The maximum absolute atomic E-state index is 12.5. The monoisotopic (exact) mass is 293 g/mol. The summed E-state index contributed by atoms with van der Waals surface area (Å²) in [6.07, 6.45) is 4.72. The first kappa shape index (κ1) is 15.7. The Morgan fingerprint density at radius 2 is 1.90 bits per heavy atom. The molecule has 0 aromatic heterocycles. The molecule has 0 aliphatic heterocycles. The van der Waals surface area contributed by atoms with Gasteiger partial charge < -0.3 is 5.73 Å². The molecule has 2 N–H and O–H groups in total. The average Bonchev–Trinajstić information content (AvgIpc) is 2.37. The summed E-state index contributed by atoms with van der Waals surface area (Å²) in [6, 6.07) is 6.29. The van der Waals surface area contributed by atoms with E-state index >= 15 is 0 Å². The van der Waals surface area contributed by atoms with E-state index in [2.05, 4.69) is 39.0 Å². The summed E-state index contributed by atoms with van der Waals surface area (Å²) < 4.78 is 12.5. The highest BCUT2D eigenvalue weighted by atomic mass is 32.2. The van der Waals surface area contributed by atoms with E-state index < -0.39 is 10.8 Å². The zero-order valence-corrected chi connectivity index (χ0v) is 13.7. The minimum atomic E-state index is -0.796. The van der Waals surface area contributed by atoms with Crippen molar-refractivity contribution in [1.29, 1.82) is 0 Å². The van der Waals surface area contributed by atoms with Crippen LogP contribution < -0.4 is 5.73 Å². The number of nitrogens with two attached hydrogens (primary N) is 1. The third-order valence-electron chi connectivity index (χ3n) is 4.28. The third-order valence-corrected chi connectivity index (χ3v) is 6.14. The number of benzene rings is 1. The van der Waals surface area contributed by atoms with E-state index in [1.54, 1.807) is 0 Å². The average molecular weight is 293 g/mol. The third kappa shape index (κ3) is 4.16. The summed E-state index contributed by atoms with van der Waals surface area (Å²) in [5.41, 5.74) is 9.87. The Bertz CT molecular complexity index is 466. The van der Waals surface area contributed by atoms with Crippen LogP contribution in [-0.2, 0) is 10.8 Å². The van der Waals surface area contributed by atoms with Crippen molar-refractivity contribution in [3.63, 3.8) is 0 Å². The van der Waals surface area contributed by atoms with Gasteiger partial charge in [0.25, 0.3) is 0 Å². The number of hydrogen-bond acceptors (Lipinski definition) is 2. The molecule has 1 aliphatic carbocycles. The van der Waals surface area contributed by atoms with Gasteiger partial charge in [0.2, 0.25) is 0 Å². The summed E-state index contributed by atoms with van der Waals surface area (Å²) in [5.74, 6) is 1.32. The summed E-state index contributed by atoms with van der Waals surface area (Å²) in [5, 5.41) is 0.357. The number of hydrogen-bond donors (Lipinski definition) is 1. The van der Waals surface area contributed by atoms with Crippen LogP contribution in [-0.4, -0.2) is 15.2 Å². The molecule has 1 aromatic carbocycles. The molecule has 3 heteroatoms. The van der Waals surface area contributed by atoms with Crippen molar-refractivity contribution in [2.24, 2.45) is 11.7 Å². The number of aryl methyl sites for hydroxylation is 2.